The van der Waals surface area contributed by atoms with Crippen molar-refractivity contribution in [3.05, 3.63) is 41.1 Å². The van der Waals surface area contributed by atoms with E-state index in [0.717, 1.165) is 56.7 Å². The number of fused-ring (bicyclic) bond motifs is 2. The fourth-order valence-electron chi connectivity index (χ4n) is 7.22. The maximum Gasteiger partial charge on any atom is 0.318 e. The first-order chi connectivity index (χ1) is 20.6. The Morgan fingerprint density at radius 3 is 2.76 bits per heavy atom. The lowest BCUT2D eigenvalue weighted by atomic mass is 9.88. The molecule has 1 aromatic carbocycles. The Balaban J connectivity index is 1.29. The van der Waals surface area contributed by atoms with Gasteiger partial charge in [0, 0.05) is 55.9 Å². The number of rotatable bonds is 6. The van der Waals surface area contributed by atoms with E-state index >= 15 is 0 Å². The second-order valence-electron chi connectivity index (χ2n) is 12.0. The third-order valence-electron chi connectivity index (χ3n) is 9.47. The van der Waals surface area contributed by atoms with Gasteiger partial charge in [-0.25, -0.2) is 0 Å². The molecule has 220 valence electrons. The van der Waals surface area contributed by atoms with Crippen molar-refractivity contribution >= 4 is 17.4 Å². The van der Waals surface area contributed by atoms with Gasteiger partial charge in [-0.05, 0) is 76.6 Å². The zero-order chi connectivity index (χ0) is 29.1. The number of amides is 1. The van der Waals surface area contributed by atoms with Crippen molar-refractivity contribution in [2.75, 3.05) is 56.2 Å². The van der Waals surface area contributed by atoms with Crippen LogP contribution in [0.5, 0.6) is 6.01 Å². The summed E-state index contributed by atoms with van der Waals surface area (Å²) in [5.74, 6) is 6.07. The number of likely N-dealkylation sites (N-methyl/N-ethyl adjacent to an activating group) is 1. The molecule has 9 nitrogen and oxygen atoms in total. The highest BCUT2D eigenvalue weighted by Gasteiger charge is 2.35. The summed E-state index contributed by atoms with van der Waals surface area (Å²) in [6, 6.07) is 12.1. The summed E-state index contributed by atoms with van der Waals surface area (Å²) in [6.07, 6.45) is 7.66. The van der Waals surface area contributed by atoms with Crippen LogP contribution in [0.3, 0.4) is 0 Å². The van der Waals surface area contributed by atoms with Crippen LogP contribution in [0.4, 0.5) is 11.5 Å². The second-order valence-corrected chi connectivity index (χ2v) is 12.0. The topological polar surface area (TPSA) is 88.8 Å². The lowest BCUT2D eigenvalue weighted by molar-refractivity contribution is -0.127. The molecular weight excluding hydrogens is 526 g/mol. The summed E-state index contributed by atoms with van der Waals surface area (Å²) in [5.41, 5.74) is 5.06. The van der Waals surface area contributed by atoms with Gasteiger partial charge in [-0.1, -0.05) is 24.1 Å². The lowest BCUT2D eigenvalue weighted by Gasteiger charge is -2.43. The molecule has 4 aliphatic rings. The standard InChI is InChI=1S/C33H41N7O2/c1-3-8-31(41)40-20-19-38(22-26(40)15-16-34)32-28-14-13-25(39-18-6-10-24-9-4-5-12-30(24)39)21-29(28)35-33(36-32)42-23-27-11-7-17-37(27)2/h4-5,9,12,25-27H,6-7,10-11,13-15,17-23H2,1-2H3/t25-,26-,27-/m0/s1. The van der Waals surface area contributed by atoms with Crippen molar-refractivity contribution in [3.63, 3.8) is 0 Å². The van der Waals surface area contributed by atoms with Gasteiger partial charge < -0.3 is 24.3 Å². The predicted octanol–water partition coefficient (Wildman–Crippen LogP) is 3.21. The molecule has 3 aliphatic heterocycles. The van der Waals surface area contributed by atoms with Gasteiger partial charge in [0.25, 0.3) is 5.91 Å². The first-order valence-corrected chi connectivity index (χ1v) is 15.5. The van der Waals surface area contributed by atoms with Crippen LogP contribution in [0.1, 0.15) is 55.8 Å². The van der Waals surface area contributed by atoms with Crippen LogP contribution in [-0.4, -0.2) is 90.2 Å². The highest BCUT2D eigenvalue weighted by atomic mass is 16.5. The average molecular weight is 568 g/mol. The van der Waals surface area contributed by atoms with Crippen molar-refractivity contribution in [3.8, 4) is 23.9 Å². The molecule has 6 rings (SSSR count). The van der Waals surface area contributed by atoms with Crippen molar-refractivity contribution in [2.24, 2.45) is 0 Å². The molecule has 3 atom stereocenters. The molecule has 0 bridgehead atoms. The van der Waals surface area contributed by atoms with Gasteiger partial charge in [0.1, 0.15) is 12.4 Å². The van der Waals surface area contributed by atoms with Crippen LogP contribution in [0.15, 0.2) is 24.3 Å². The SMILES string of the molecule is CC#CC(=O)N1CCN(c2nc(OC[C@@H]3CCCN3C)nc3c2CC[C@H](N2CCCc4ccccc42)C3)C[C@@H]1CC#N. The van der Waals surface area contributed by atoms with Crippen molar-refractivity contribution < 1.29 is 9.53 Å². The summed E-state index contributed by atoms with van der Waals surface area (Å²) >= 11 is 0. The maximum atomic E-state index is 12.7. The summed E-state index contributed by atoms with van der Waals surface area (Å²) in [5, 5.41) is 9.56. The molecule has 0 spiro atoms. The van der Waals surface area contributed by atoms with E-state index in [4.69, 9.17) is 14.7 Å². The van der Waals surface area contributed by atoms with Crippen LogP contribution in [0.25, 0.3) is 0 Å². The van der Waals surface area contributed by atoms with Gasteiger partial charge in [0.15, 0.2) is 0 Å². The van der Waals surface area contributed by atoms with Crippen molar-refractivity contribution in [2.45, 2.75) is 76.4 Å². The summed E-state index contributed by atoms with van der Waals surface area (Å²) < 4.78 is 6.32. The van der Waals surface area contributed by atoms with E-state index in [-0.39, 0.29) is 18.4 Å². The number of anilines is 2. The number of para-hydroxylation sites is 1. The van der Waals surface area contributed by atoms with Gasteiger partial charge in [-0.3, -0.25) is 4.79 Å². The van der Waals surface area contributed by atoms with Crippen LogP contribution in [0.2, 0.25) is 0 Å². The maximum absolute atomic E-state index is 12.7. The molecule has 42 heavy (non-hydrogen) atoms. The number of likely N-dealkylation sites (tertiary alicyclic amines) is 1. The first kappa shape index (κ1) is 28.3. The van der Waals surface area contributed by atoms with Crippen LogP contribution in [0, 0.1) is 23.2 Å². The number of carbonyl (C=O) groups excluding carboxylic acids is 1. The number of nitriles is 1. The van der Waals surface area contributed by atoms with Gasteiger partial charge in [-0.2, -0.15) is 15.2 Å². The van der Waals surface area contributed by atoms with Crippen molar-refractivity contribution in [1.29, 1.82) is 5.26 Å². The van der Waals surface area contributed by atoms with E-state index in [1.54, 1.807) is 11.8 Å². The van der Waals surface area contributed by atoms with E-state index in [1.165, 1.54) is 29.7 Å². The fraction of sp³-hybridized carbons (Fsp3) is 0.576. The molecule has 0 N–H and O–H groups in total. The highest BCUT2D eigenvalue weighted by Crippen LogP contribution is 2.37. The first-order valence-electron chi connectivity index (χ1n) is 15.5. The third kappa shape index (κ3) is 5.76. The number of hydrogen-bond acceptors (Lipinski definition) is 8. The Morgan fingerprint density at radius 2 is 1.95 bits per heavy atom. The molecule has 2 saturated heterocycles. The molecule has 2 aromatic rings. The molecule has 0 saturated carbocycles. The average Bonchev–Trinajstić information content (AvgIpc) is 3.43. The smallest absolute Gasteiger partial charge is 0.318 e. The zero-order valence-corrected chi connectivity index (χ0v) is 24.9. The molecule has 4 heterocycles. The monoisotopic (exact) mass is 567 g/mol. The Hall–Kier alpha value is -3.82. The summed E-state index contributed by atoms with van der Waals surface area (Å²) in [7, 11) is 2.15. The van der Waals surface area contributed by atoms with Gasteiger partial charge in [0.2, 0.25) is 0 Å². The van der Waals surface area contributed by atoms with E-state index in [9.17, 15) is 10.1 Å². The van der Waals surface area contributed by atoms with E-state index in [1.807, 2.05) is 0 Å². The van der Waals surface area contributed by atoms with Gasteiger partial charge in [0.05, 0.1) is 24.2 Å². The third-order valence-corrected chi connectivity index (χ3v) is 9.47. The predicted molar refractivity (Wildman–Crippen MR) is 162 cm³/mol. The quantitative estimate of drug-likeness (QED) is 0.492. The lowest BCUT2D eigenvalue weighted by Crippen LogP contribution is -2.55. The Labute approximate surface area is 249 Å². The second kappa shape index (κ2) is 12.6. The number of aromatic nitrogens is 2. The molecule has 1 aromatic heterocycles. The summed E-state index contributed by atoms with van der Waals surface area (Å²) in [4.78, 5) is 31.7. The summed E-state index contributed by atoms with van der Waals surface area (Å²) in [6.45, 7) is 6.09. The number of aryl methyl sites for hydroxylation is 1. The number of hydrogen-bond donors (Lipinski definition) is 0. The van der Waals surface area contributed by atoms with E-state index in [0.29, 0.717) is 44.3 Å². The fourth-order valence-corrected chi connectivity index (χ4v) is 7.22. The van der Waals surface area contributed by atoms with Crippen LogP contribution < -0.4 is 14.5 Å². The van der Waals surface area contributed by atoms with Gasteiger partial charge >= 0.3 is 6.01 Å². The Morgan fingerprint density at radius 1 is 1.07 bits per heavy atom. The largest absolute Gasteiger partial charge is 0.462 e. The van der Waals surface area contributed by atoms with Gasteiger partial charge in [-0.15, -0.1) is 0 Å². The minimum atomic E-state index is -0.236. The molecule has 9 heteroatoms. The molecule has 2 fully saturated rings. The number of ether oxygens (including phenoxy) is 1. The Bertz CT molecular complexity index is 1410. The number of nitrogens with zero attached hydrogens (tertiary/aromatic N) is 7. The minimum absolute atomic E-state index is 0.212. The molecule has 1 amide bonds. The highest BCUT2D eigenvalue weighted by molar-refractivity contribution is 5.93. The van der Waals surface area contributed by atoms with Crippen molar-refractivity contribution in [1.82, 2.24) is 19.8 Å². The molecular formula is C33H41N7O2. The number of benzene rings is 1. The van der Waals surface area contributed by atoms with E-state index < -0.39 is 0 Å². The minimum Gasteiger partial charge on any atom is -0.462 e. The molecule has 1 aliphatic carbocycles. The van der Waals surface area contributed by atoms with Crippen LogP contribution in [-0.2, 0) is 24.1 Å². The normalized spacial score (nSPS) is 23.8. The zero-order valence-electron chi connectivity index (χ0n) is 24.9. The molecule has 0 radical (unpaired) electrons. The van der Waals surface area contributed by atoms with E-state index in [2.05, 4.69) is 63.9 Å². The molecule has 0 unspecified atom stereocenters. The number of piperazine rings is 1. The Kier molecular flexibility index (Phi) is 8.48. The number of carbonyl (C=O) groups is 1. The van der Waals surface area contributed by atoms with Crippen LogP contribution >= 0.6 is 0 Å².